The minimum Gasteiger partial charge on any atom is -0.496 e. The molecule has 2 rings (SSSR count). The third-order valence-electron chi connectivity index (χ3n) is 4.35. The van der Waals surface area contributed by atoms with Crippen molar-refractivity contribution in [2.45, 2.75) is 51.7 Å². The Balaban J connectivity index is 2.09. The molecule has 0 radical (unpaired) electrons. The molecule has 1 aliphatic rings. The highest BCUT2D eigenvalue weighted by Gasteiger charge is 2.33. The average Bonchev–Trinajstić information content (AvgIpc) is 2.43. The molecule has 0 aliphatic carbocycles. The van der Waals surface area contributed by atoms with Crippen LogP contribution in [0.1, 0.15) is 39.2 Å². The van der Waals surface area contributed by atoms with Gasteiger partial charge in [0.25, 0.3) is 0 Å². The molecule has 0 bridgehead atoms. The molecular weight excluding hydrogens is 328 g/mol. The number of rotatable bonds is 5. The normalized spacial score (nSPS) is 22.2. The Morgan fingerprint density at radius 3 is 2.81 bits per heavy atom. The van der Waals surface area contributed by atoms with E-state index in [1.54, 1.807) is 7.11 Å². The van der Waals surface area contributed by atoms with E-state index in [2.05, 4.69) is 59.1 Å². The van der Waals surface area contributed by atoms with Gasteiger partial charge in [-0.2, -0.15) is 0 Å². The number of methoxy groups -OCH3 is 1. The smallest absolute Gasteiger partial charge is 0.133 e. The Morgan fingerprint density at radius 2 is 2.19 bits per heavy atom. The van der Waals surface area contributed by atoms with Gasteiger partial charge in [0.2, 0.25) is 0 Å². The molecule has 1 aromatic rings. The molecule has 1 atom stereocenters. The van der Waals surface area contributed by atoms with Gasteiger partial charge in [-0.05, 0) is 53.9 Å². The summed E-state index contributed by atoms with van der Waals surface area (Å²) in [6.07, 6.45) is 2.49. The van der Waals surface area contributed by atoms with E-state index < -0.39 is 0 Å². The first-order valence-corrected chi connectivity index (χ1v) is 8.56. The van der Waals surface area contributed by atoms with Crippen molar-refractivity contribution < 1.29 is 4.74 Å². The van der Waals surface area contributed by atoms with E-state index in [9.17, 15) is 0 Å². The van der Waals surface area contributed by atoms with Gasteiger partial charge < -0.3 is 10.1 Å². The van der Waals surface area contributed by atoms with Crippen LogP contribution in [-0.4, -0.2) is 36.7 Å². The largest absolute Gasteiger partial charge is 0.496 e. The van der Waals surface area contributed by atoms with Crippen LogP contribution in [0.25, 0.3) is 0 Å². The summed E-state index contributed by atoms with van der Waals surface area (Å²) in [7, 11) is 1.70. The molecular formula is C17H27BrN2O. The molecule has 1 unspecified atom stereocenters. The van der Waals surface area contributed by atoms with Crippen LogP contribution in [0.2, 0.25) is 0 Å². The van der Waals surface area contributed by atoms with Gasteiger partial charge >= 0.3 is 0 Å². The number of halogens is 1. The highest BCUT2D eigenvalue weighted by molar-refractivity contribution is 9.10. The van der Waals surface area contributed by atoms with Gasteiger partial charge in [0.1, 0.15) is 5.75 Å². The second kappa shape index (κ2) is 7.12. The van der Waals surface area contributed by atoms with Gasteiger partial charge in [-0.15, -0.1) is 0 Å². The van der Waals surface area contributed by atoms with E-state index in [0.29, 0.717) is 6.04 Å². The summed E-state index contributed by atoms with van der Waals surface area (Å²) in [5, 5.41) is 3.68. The van der Waals surface area contributed by atoms with Crippen molar-refractivity contribution in [3.05, 3.63) is 28.2 Å². The van der Waals surface area contributed by atoms with E-state index in [0.717, 1.165) is 29.9 Å². The van der Waals surface area contributed by atoms with Crippen LogP contribution in [0.4, 0.5) is 0 Å². The summed E-state index contributed by atoms with van der Waals surface area (Å²) >= 11 is 3.58. The molecule has 1 saturated heterocycles. The minimum atomic E-state index is 0.191. The fourth-order valence-corrected chi connectivity index (χ4v) is 3.52. The Hall–Kier alpha value is -0.580. The summed E-state index contributed by atoms with van der Waals surface area (Å²) in [4.78, 5) is 2.60. The van der Waals surface area contributed by atoms with E-state index in [4.69, 9.17) is 4.74 Å². The molecule has 1 aromatic carbocycles. The number of piperazine rings is 1. The van der Waals surface area contributed by atoms with Gasteiger partial charge in [-0.25, -0.2) is 0 Å². The van der Waals surface area contributed by atoms with E-state index in [-0.39, 0.29) is 5.54 Å². The van der Waals surface area contributed by atoms with Crippen molar-refractivity contribution >= 4 is 15.9 Å². The van der Waals surface area contributed by atoms with Crippen LogP contribution in [0.3, 0.4) is 0 Å². The van der Waals surface area contributed by atoms with E-state index in [1.165, 1.54) is 18.4 Å². The van der Waals surface area contributed by atoms with Crippen molar-refractivity contribution in [2.75, 3.05) is 20.2 Å². The summed E-state index contributed by atoms with van der Waals surface area (Å²) < 4.78 is 6.34. The van der Waals surface area contributed by atoms with E-state index in [1.807, 2.05) is 6.07 Å². The zero-order valence-corrected chi connectivity index (χ0v) is 15.2. The maximum Gasteiger partial charge on any atom is 0.133 e. The Kier molecular flexibility index (Phi) is 5.69. The first kappa shape index (κ1) is 16.8. The average molecular weight is 355 g/mol. The molecule has 0 aromatic heterocycles. The summed E-state index contributed by atoms with van der Waals surface area (Å²) in [6.45, 7) is 10.0. The lowest BCUT2D eigenvalue weighted by Crippen LogP contribution is -2.61. The lowest BCUT2D eigenvalue weighted by Gasteiger charge is -2.46. The van der Waals surface area contributed by atoms with Crippen LogP contribution < -0.4 is 10.1 Å². The molecule has 0 amide bonds. The molecule has 1 fully saturated rings. The SMILES string of the molecule is CCCC1CN(Cc2ccc(OC)c(Br)c2)C(C)(C)CN1. The monoisotopic (exact) mass is 354 g/mol. The van der Waals surface area contributed by atoms with Gasteiger partial charge in [0, 0.05) is 31.2 Å². The van der Waals surface area contributed by atoms with Gasteiger partial charge in [-0.1, -0.05) is 19.4 Å². The number of benzene rings is 1. The molecule has 1 aliphatic heterocycles. The topological polar surface area (TPSA) is 24.5 Å². The third-order valence-corrected chi connectivity index (χ3v) is 4.97. The standard InChI is InChI=1S/C17H27BrN2O/c1-5-6-14-11-20(17(2,3)12-19-14)10-13-7-8-16(21-4)15(18)9-13/h7-9,14,19H,5-6,10-12H2,1-4H3. The fraction of sp³-hybridized carbons (Fsp3) is 0.647. The fourth-order valence-electron chi connectivity index (χ4n) is 2.93. The lowest BCUT2D eigenvalue weighted by molar-refractivity contribution is 0.0563. The summed E-state index contributed by atoms with van der Waals surface area (Å²) in [6, 6.07) is 6.99. The first-order chi connectivity index (χ1) is 9.96. The predicted molar refractivity (Wildman–Crippen MR) is 91.9 cm³/mol. The van der Waals surface area contributed by atoms with Crippen molar-refractivity contribution in [1.29, 1.82) is 0 Å². The van der Waals surface area contributed by atoms with Crippen molar-refractivity contribution in [2.24, 2.45) is 0 Å². The van der Waals surface area contributed by atoms with Crippen LogP contribution in [-0.2, 0) is 6.54 Å². The van der Waals surface area contributed by atoms with Crippen LogP contribution >= 0.6 is 15.9 Å². The molecule has 0 saturated carbocycles. The molecule has 1 N–H and O–H groups in total. The molecule has 21 heavy (non-hydrogen) atoms. The Labute approximate surface area is 137 Å². The number of nitrogens with zero attached hydrogens (tertiary/aromatic N) is 1. The Bertz CT molecular complexity index is 476. The van der Waals surface area contributed by atoms with Crippen molar-refractivity contribution in [3.63, 3.8) is 0 Å². The zero-order chi connectivity index (χ0) is 15.5. The third kappa shape index (κ3) is 4.21. The molecule has 1 heterocycles. The number of nitrogens with one attached hydrogen (secondary N) is 1. The van der Waals surface area contributed by atoms with Gasteiger partial charge in [0.05, 0.1) is 11.6 Å². The highest BCUT2D eigenvalue weighted by atomic mass is 79.9. The molecule has 0 spiro atoms. The van der Waals surface area contributed by atoms with Crippen LogP contribution in [0, 0.1) is 0 Å². The molecule has 118 valence electrons. The van der Waals surface area contributed by atoms with Crippen LogP contribution in [0.5, 0.6) is 5.75 Å². The number of ether oxygens (including phenoxy) is 1. The zero-order valence-electron chi connectivity index (χ0n) is 13.6. The van der Waals surface area contributed by atoms with Gasteiger partial charge in [0.15, 0.2) is 0 Å². The first-order valence-electron chi connectivity index (χ1n) is 7.77. The maximum atomic E-state index is 5.31. The second-order valence-corrected chi connectivity index (χ2v) is 7.38. The van der Waals surface area contributed by atoms with Crippen molar-refractivity contribution in [1.82, 2.24) is 10.2 Å². The lowest BCUT2D eigenvalue weighted by atomic mass is 9.95. The number of hydrogen-bond donors (Lipinski definition) is 1. The van der Waals surface area contributed by atoms with E-state index >= 15 is 0 Å². The van der Waals surface area contributed by atoms with Gasteiger partial charge in [-0.3, -0.25) is 4.90 Å². The molecule has 3 nitrogen and oxygen atoms in total. The highest BCUT2D eigenvalue weighted by Crippen LogP contribution is 2.28. The summed E-state index contributed by atoms with van der Waals surface area (Å²) in [5.74, 6) is 0.891. The van der Waals surface area contributed by atoms with Crippen molar-refractivity contribution in [3.8, 4) is 5.75 Å². The van der Waals surface area contributed by atoms with Crippen LogP contribution in [0.15, 0.2) is 22.7 Å². The minimum absolute atomic E-state index is 0.191. The molecule has 4 heteroatoms. The second-order valence-electron chi connectivity index (χ2n) is 6.53. The Morgan fingerprint density at radius 1 is 1.43 bits per heavy atom. The number of hydrogen-bond acceptors (Lipinski definition) is 3. The summed E-state index contributed by atoms with van der Waals surface area (Å²) in [5.41, 5.74) is 1.52. The maximum absolute atomic E-state index is 5.31. The predicted octanol–water partition coefficient (Wildman–Crippen LogP) is 3.81. The quantitative estimate of drug-likeness (QED) is 0.869.